The van der Waals surface area contributed by atoms with Crippen LogP contribution < -0.4 is 5.32 Å². The average molecular weight is 292 g/mol. The summed E-state index contributed by atoms with van der Waals surface area (Å²) in [6.45, 7) is 1.94. The highest BCUT2D eigenvalue weighted by Gasteiger charge is 2.20. The Morgan fingerprint density at radius 2 is 2.19 bits per heavy atom. The molecule has 1 aromatic rings. The van der Waals surface area contributed by atoms with Crippen molar-refractivity contribution in [2.24, 2.45) is 0 Å². The van der Waals surface area contributed by atoms with E-state index < -0.39 is 5.97 Å². The van der Waals surface area contributed by atoms with Gasteiger partial charge in [-0.2, -0.15) is 0 Å². The van der Waals surface area contributed by atoms with Crippen molar-refractivity contribution in [3.63, 3.8) is 0 Å². The van der Waals surface area contributed by atoms with Crippen molar-refractivity contribution >= 4 is 11.9 Å². The molecular weight excluding hydrogens is 272 g/mol. The van der Waals surface area contributed by atoms with E-state index in [0.717, 1.165) is 25.1 Å². The molecule has 2 rings (SSSR count). The number of carbonyl (C=O) groups is 2. The van der Waals surface area contributed by atoms with Crippen molar-refractivity contribution in [1.82, 2.24) is 10.2 Å². The molecule has 0 radical (unpaired) electrons. The van der Waals surface area contributed by atoms with Crippen LogP contribution in [0.5, 0.6) is 0 Å². The molecule has 21 heavy (non-hydrogen) atoms. The Hall–Kier alpha value is -1.92. The van der Waals surface area contributed by atoms with Crippen molar-refractivity contribution in [3.05, 3.63) is 34.9 Å². The number of fused-ring (bicyclic) bond motifs is 1. The summed E-state index contributed by atoms with van der Waals surface area (Å²) in [7, 11) is 1.52. The summed E-state index contributed by atoms with van der Waals surface area (Å²) in [6.07, 6.45) is 0.951. The molecule has 0 fully saturated rings. The van der Waals surface area contributed by atoms with Crippen LogP contribution in [-0.2, 0) is 22.5 Å². The summed E-state index contributed by atoms with van der Waals surface area (Å²) < 4.78 is 4.93. The van der Waals surface area contributed by atoms with E-state index >= 15 is 0 Å². The predicted molar refractivity (Wildman–Crippen MR) is 77.3 cm³/mol. The van der Waals surface area contributed by atoms with Gasteiger partial charge in [-0.25, -0.2) is 0 Å². The number of carboxylic acid groups (broad SMARTS) is 1. The van der Waals surface area contributed by atoms with Gasteiger partial charge in [-0.1, -0.05) is 6.07 Å². The molecule has 0 unspecified atom stereocenters. The summed E-state index contributed by atoms with van der Waals surface area (Å²) in [5.74, 6) is -1.30. The van der Waals surface area contributed by atoms with Crippen LogP contribution in [0.1, 0.15) is 21.5 Å². The molecule has 0 spiro atoms. The van der Waals surface area contributed by atoms with Gasteiger partial charge in [0, 0.05) is 25.8 Å². The fourth-order valence-corrected chi connectivity index (χ4v) is 2.41. The molecule has 6 nitrogen and oxygen atoms in total. The second kappa shape index (κ2) is 7.19. The molecule has 2 N–H and O–H groups in total. The molecule has 6 heteroatoms. The number of hydrogen-bond donors (Lipinski definition) is 2. The number of aliphatic carboxylic acids is 1. The number of nitrogens with zero attached hydrogens (tertiary/aromatic N) is 1. The second-order valence-corrected chi connectivity index (χ2v) is 5.02. The van der Waals surface area contributed by atoms with Gasteiger partial charge in [0.15, 0.2) is 0 Å². The van der Waals surface area contributed by atoms with Crippen LogP contribution in [0.15, 0.2) is 18.2 Å². The van der Waals surface area contributed by atoms with Gasteiger partial charge >= 0.3 is 5.97 Å². The Labute approximate surface area is 123 Å². The highest BCUT2D eigenvalue weighted by atomic mass is 16.5. The number of carbonyl (C=O) groups excluding carboxylic acids is 1. The van der Waals surface area contributed by atoms with E-state index in [2.05, 4.69) is 5.32 Å². The van der Waals surface area contributed by atoms with Gasteiger partial charge in [-0.3, -0.25) is 9.59 Å². The number of hydrogen-bond acceptors (Lipinski definition) is 4. The number of rotatable bonds is 6. The molecule has 0 bridgehead atoms. The van der Waals surface area contributed by atoms with Gasteiger partial charge < -0.3 is 20.1 Å². The standard InChI is InChI=1S/C15H20N2O4/c1-21-7-6-17(10-14(18)19)15(20)12-3-2-11-4-5-16-9-13(11)8-12/h2-3,8,16H,4-7,9-10H2,1H3,(H,18,19). The number of benzene rings is 1. The van der Waals surface area contributed by atoms with Crippen LogP contribution in [-0.4, -0.2) is 55.2 Å². The first kappa shape index (κ1) is 15.5. The second-order valence-electron chi connectivity index (χ2n) is 5.02. The maximum absolute atomic E-state index is 12.5. The van der Waals surface area contributed by atoms with Crippen molar-refractivity contribution < 1.29 is 19.4 Å². The molecule has 0 saturated heterocycles. The maximum atomic E-state index is 12.5. The number of ether oxygens (including phenoxy) is 1. The average Bonchev–Trinajstić information content (AvgIpc) is 2.50. The lowest BCUT2D eigenvalue weighted by Crippen LogP contribution is -2.38. The molecule has 1 amide bonds. The van der Waals surface area contributed by atoms with E-state index in [-0.39, 0.29) is 19.0 Å². The third-order valence-electron chi connectivity index (χ3n) is 3.52. The van der Waals surface area contributed by atoms with Crippen molar-refractivity contribution in [1.29, 1.82) is 0 Å². The topological polar surface area (TPSA) is 78.9 Å². The Morgan fingerprint density at radius 3 is 2.90 bits per heavy atom. The Kier molecular flexibility index (Phi) is 5.30. The summed E-state index contributed by atoms with van der Waals surface area (Å²) in [5, 5.41) is 12.2. The minimum atomic E-state index is -1.03. The fourth-order valence-electron chi connectivity index (χ4n) is 2.41. The zero-order valence-electron chi connectivity index (χ0n) is 12.1. The van der Waals surface area contributed by atoms with Crippen LogP contribution in [0, 0.1) is 0 Å². The highest BCUT2D eigenvalue weighted by molar-refractivity contribution is 5.96. The van der Waals surface area contributed by atoms with Crippen molar-refractivity contribution in [2.45, 2.75) is 13.0 Å². The van der Waals surface area contributed by atoms with Gasteiger partial charge in [0.25, 0.3) is 5.91 Å². The lowest BCUT2D eigenvalue weighted by atomic mass is 9.98. The Morgan fingerprint density at radius 1 is 1.38 bits per heavy atom. The summed E-state index contributed by atoms with van der Waals surface area (Å²) in [6, 6.07) is 5.58. The Bertz CT molecular complexity index is 530. The number of carboxylic acids is 1. The van der Waals surface area contributed by atoms with Crippen LogP contribution in [0.25, 0.3) is 0 Å². The SMILES string of the molecule is COCCN(CC(=O)O)C(=O)c1ccc2c(c1)CNCC2. The minimum Gasteiger partial charge on any atom is -0.480 e. The van der Waals surface area contributed by atoms with Crippen molar-refractivity contribution in [2.75, 3.05) is 33.4 Å². The molecule has 0 aliphatic carbocycles. The molecule has 114 valence electrons. The monoisotopic (exact) mass is 292 g/mol. The largest absolute Gasteiger partial charge is 0.480 e. The molecular formula is C15H20N2O4. The van der Waals surface area contributed by atoms with Gasteiger partial charge in [0.1, 0.15) is 6.54 Å². The molecule has 1 aliphatic rings. The molecule has 0 saturated carbocycles. The van der Waals surface area contributed by atoms with Gasteiger partial charge in [0.2, 0.25) is 0 Å². The summed E-state index contributed by atoms with van der Waals surface area (Å²) >= 11 is 0. The number of amides is 1. The van der Waals surface area contributed by atoms with E-state index in [1.165, 1.54) is 17.6 Å². The van der Waals surface area contributed by atoms with Crippen LogP contribution in [0.4, 0.5) is 0 Å². The lowest BCUT2D eigenvalue weighted by Gasteiger charge is -2.22. The van der Waals surface area contributed by atoms with E-state index in [1.54, 1.807) is 6.07 Å². The van der Waals surface area contributed by atoms with Crippen LogP contribution >= 0.6 is 0 Å². The number of nitrogens with one attached hydrogen (secondary N) is 1. The third-order valence-corrected chi connectivity index (χ3v) is 3.52. The number of methoxy groups -OCH3 is 1. The third kappa shape index (κ3) is 4.03. The molecule has 1 heterocycles. The first-order valence-electron chi connectivity index (χ1n) is 6.94. The molecule has 0 atom stereocenters. The summed E-state index contributed by atoms with van der Waals surface area (Å²) in [4.78, 5) is 24.7. The van der Waals surface area contributed by atoms with E-state index in [1.807, 2.05) is 12.1 Å². The quantitative estimate of drug-likeness (QED) is 0.798. The summed E-state index contributed by atoms with van der Waals surface area (Å²) in [5.41, 5.74) is 2.87. The van der Waals surface area contributed by atoms with Gasteiger partial charge in [-0.15, -0.1) is 0 Å². The van der Waals surface area contributed by atoms with Gasteiger partial charge in [0.05, 0.1) is 6.61 Å². The Balaban J connectivity index is 2.17. The lowest BCUT2D eigenvalue weighted by molar-refractivity contribution is -0.137. The fraction of sp³-hybridized carbons (Fsp3) is 0.467. The van der Waals surface area contributed by atoms with Crippen molar-refractivity contribution in [3.8, 4) is 0 Å². The molecule has 1 aromatic carbocycles. The zero-order valence-corrected chi connectivity index (χ0v) is 12.1. The normalized spacial score (nSPS) is 13.6. The first-order valence-corrected chi connectivity index (χ1v) is 6.94. The van der Waals surface area contributed by atoms with Crippen LogP contribution in [0.3, 0.4) is 0 Å². The smallest absolute Gasteiger partial charge is 0.323 e. The van der Waals surface area contributed by atoms with E-state index in [4.69, 9.17) is 9.84 Å². The zero-order chi connectivity index (χ0) is 15.2. The van der Waals surface area contributed by atoms with Crippen LogP contribution in [0.2, 0.25) is 0 Å². The molecule has 0 aromatic heterocycles. The predicted octanol–water partition coefficient (Wildman–Crippen LogP) is 0.505. The van der Waals surface area contributed by atoms with E-state index in [0.29, 0.717) is 12.2 Å². The molecule has 1 aliphatic heterocycles. The van der Waals surface area contributed by atoms with Gasteiger partial charge in [-0.05, 0) is 36.2 Å². The highest BCUT2D eigenvalue weighted by Crippen LogP contribution is 2.17. The van der Waals surface area contributed by atoms with E-state index in [9.17, 15) is 9.59 Å². The maximum Gasteiger partial charge on any atom is 0.323 e. The first-order chi connectivity index (χ1) is 10.1. The minimum absolute atomic E-state index is 0.261.